The Labute approximate surface area is 153 Å². The quantitative estimate of drug-likeness (QED) is 0.459. The van der Waals surface area contributed by atoms with Crippen LogP contribution in [0.1, 0.15) is 17.3 Å². The summed E-state index contributed by atoms with van der Waals surface area (Å²) in [6.07, 6.45) is 0. The van der Waals surface area contributed by atoms with Crippen molar-refractivity contribution in [1.82, 2.24) is 4.90 Å². The van der Waals surface area contributed by atoms with E-state index in [2.05, 4.69) is 0 Å². The number of carbonyl (C=O) groups is 2. The van der Waals surface area contributed by atoms with Gasteiger partial charge in [-0.15, -0.1) is 0 Å². The third kappa shape index (κ3) is 6.53. The fourth-order valence-corrected chi connectivity index (χ4v) is 2.34. The summed E-state index contributed by atoms with van der Waals surface area (Å²) in [6.45, 7) is 2.45. The van der Waals surface area contributed by atoms with Crippen molar-refractivity contribution in [2.75, 3.05) is 54.2 Å². The molecular formula is C18H27NO7. The highest BCUT2D eigenvalue weighted by molar-refractivity contribution is 5.95. The molecule has 0 aliphatic heterocycles. The monoisotopic (exact) mass is 369 g/mol. The van der Waals surface area contributed by atoms with Gasteiger partial charge in [0.25, 0.3) is 5.91 Å². The Morgan fingerprint density at radius 2 is 1.69 bits per heavy atom. The Bertz CT molecular complexity index is 569. The minimum Gasteiger partial charge on any atom is -0.497 e. The minimum atomic E-state index is -0.491. The zero-order valence-electron chi connectivity index (χ0n) is 15.7. The summed E-state index contributed by atoms with van der Waals surface area (Å²) in [5.41, 5.74) is 0.375. The number of nitrogens with zero attached hydrogens (tertiary/aromatic N) is 1. The highest BCUT2D eigenvalue weighted by Gasteiger charge is 2.23. The van der Waals surface area contributed by atoms with E-state index in [-0.39, 0.29) is 38.8 Å². The van der Waals surface area contributed by atoms with Gasteiger partial charge in [-0.2, -0.15) is 0 Å². The lowest BCUT2D eigenvalue weighted by Gasteiger charge is -2.25. The number of hydrogen-bond donors (Lipinski definition) is 1. The van der Waals surface area contributed by atoms with E-state index >= 15 is 0 Å². The topological polar surface area (TPSA) is 94.5 Å². The van der Waals surface area contributed by atoms with Crippen molar-refractivity contribution in [1.29, 1.82) is 0 Å². The molecule has 1 aromatic rings. The zero-order valence-corrected chi connectivity index (χ0v) is 15.7. The Morgan fingerprint density at radius 1 is 1.08 bits per heavy atom. The third-order valence-electron chi connectivity index (χ3n) is 3.72. The highest BCUT2D eigenvalue weighted by atomic mass is 16.5. The predicted octanol–water partition coefficient (Wildman–Crippen LogP) is 0.964. The maximum Gasteiger partial charge on any atom is 0.310 e. The normalized spacial score (nSPS) is 11.6. The van der Waals surface area contributed by atoms with Crippen LogP contribution in [0.4, 0.5) is 0 Å². The number of hydrogen-bond acceptors (Lipinski definition) is 7. The molecule has 0 fully saturated rings. The lowest BCUT2D eigenvalue weighted by Crippen LogP contribution is -2.39. The van der Waals surface area contributed by atoms with Gasteiger partial charge in [-0.25, -0.2) is 0 Å². The fourth-order valence-electron chi connectivity index (χ4n) is 2.34. The summed E-state index contributed by atoms with van der Waals surface area (Å²) < 4.78 is 20.4. The van der Waals surface area contributed by atoms with Gasteiger partial charge >= 0.3 is 5.97 Å². The van der Waals surface area contributed by atoms with Crippen LogP contribution in [0.25, 0.3) is 0 Å². The first-order valence-electron chi connectivity index (χ1n) is 8.25. The molecule has 1 aromatic carbocycles. The predicted molar refractivity (Wildman–Crippen MR) is 94.5 cm³/mol. The molecule has 8 heteroatoms. The van der Waals surface area contributed by atoms with Gasteiger partial charge in [-0.1, -0.05) is 6.92 Å². The number of rotatable bonds is 11. The van der Waals surface area contributed by atoms with E-state index in [1.54, 1.807) is 25.1 Å². The van der Waals surface area contributed by atoms with E-state index in [1.807, 2.05) is 0 Å². The van der Waals surface area contributed by atoms with E-state index in [1.165, 1.54) is 26.2 Å². The summed E-state index contributed by atoms with van der Waals surface area (Å²) >= 11 is 0. The van der Waals surface area contributed by atoms with Crippen LogP contribution >= 0.6 is 0 Å². The van der Waals surface area contributed by atoms with Crippen molar-refractivity contribution in [3.8, 4) is 11.5 Å². The molecule has 1 rings (SSSR count). The smallest absolute Gasteiger partial charge is 0.310 e. The summed E-state index contributed by atoms with van der Waals surface area (Å²) in [7, 11) is 4.31. The summed E-state index contributed by atoms with van der Waals surface area (Å²) in [6, 6.07) is 4.88. The molecule has 8 nitrogen and oxygen atoms in total. The summed E-state index contributed by atoms with van der Waals surface area (Å²) in [4.78, 5) is 26.2. The molecule has 0 aliphatic carbocycles. The summed E-state index contributed by atoms with van der Waals surface area (Å²) in [5.74, 6) is -0.197. The first-order valence-corrected chi connectivity index (χ1v) is 8.25. The van der Waals surface area contributed by atoms with Crippen LogP contribution in [0.5, 0.6) is 11.5 Å². The molecule has 146 valence electrons. The lowest BCUT2D eigenvalue weighted by atomic mass is 10.1. The fraction of sp³-hybridized carbons (Fsp3) is 0.556. The van der Waals surface area contributed by atoms with Crippen LogP contribution in [-0.4, -0.2) is 76.1 Å². The van der Waals surface area contributed by atoms with Gasteiger partial charge in [0.2, 0.25) is 0 Å². The molecule has 1 amide bonds. The van der Waals surface area contributed by atoms with Crippen LogP contribution < -0.4 is 9.47 Å². The maximum absolute atomic E-state index is 12.9. The largest absolute Gasteiger partial charge is 0.497 e. The van der Waals surface area contributed by atoms with Crippen molar-refractivity contribution in [2.45, 2.75) is 6.92 Å². The van der Waals surface area contributed by atoms with Gasteiger partial charge in [0.1, 0.15) is 11.5 Å². The van der Waals surface area contributed by atoms with Crippen LogP contribution in [0.3, 0.4) is 0 Å². The van der Waals surface area contributed by atoms with Crippen molar-refractivity contribution in [2.24, 2.45) is 5.92 Å². The number of esters is 1. The summed E-state index contributed by atoms with van der Waals surface area (Å²) in [5, 5.41) is 8.79. The Morgan fingerprint density at radius 3 is 2.19 bits per heavy atom. The Hall–Kier alpha value is -2.32. The van der Waals surface area contributed by atoms with Gasteiger partial charge in [0, 0.05) is 24.7 Å². The van der Waals surface area contributed by atoms with Crippen LogP contribution in [0.2, 0.25) is 0 Å². The molecule has 26 heavy (non-hydrogen) atoms. The van der Waals surface area contributed by atoms with Crippen molar-refractivity contribution < 1.29 is 33.6 Å². The number of aliphatic hydroxyl groups is 1. The molecular weight excluding hydrogens is 342 g/mol. The number of amides is 1. The van der Waals surface area contributed by atoms with E-state index in [9.17, 15) is 9.59 Å². The molecule has 0 bridgehead atoms. The second-order valence-electron chi connectivity index (χ2n) is 5.61. The number of benzene rings is 1. The standard InChI is InChI=1S/C18H27NO7/c1-13(18(22)25-4)12-19(5-7-26-8-6-20)17(21)14-9-15(23-2)11-16(10-14)24-3/h9-11,13,20H,5-8,12H2,1-4H3. The van der Waals surface area contributed by atoms with Crippen LogP contribution in [-0.2, 0) is 14.3 Å². The SMILES string of the molecule is COC(=O)C(C)CN(CCOCCO)C(=O)c1cc(OC)cc(OC)c1. The number of aliphatic hydroxyl groups excluding tert-OH is 1. The molecule has 1 N–H and O–H groups in total. The first-order chi connectivity index (χ1) is 12.5. The third-order valence-corrected chi connectivity index (χ3v) is 3.72. The second kappa shape index (κ2) is 11.3. The first kappa shape index (κ1) is 21.7. The number of carbonyl (C=O) groups excluding carboxylic acids is 2. The minimum absolute atomic E-state index is 0.0976. The Kier molecular flexibility index (Phi) is 9.46. The van der Waals surface area contributed by atoms with Gasteiger partial charge in [0.15, 0.2) is 0 Å². The van der Waals surface area contributed by atoms with Crippen molar-refractivity contribution in [3.05, 3.63) is 23.8 Å². The zero-order chi connectivity index (χ0) is 19.5. The lowest BCUT2D eigenvalue weighted by molar-refractivity contribution is -0.145. The average molecular weight is 369 g/mol. The number of methoxy groups -OCH3 is 3. The molecule has 1 unspecified atom stereocenters. The van der Waals surface area contributed by atoms with E-state index in [4.69, 9.17) is 24.1 Å². The van der Waals surface area contributed by atoms with Gasteiger partial charge in [0.05, 0.1) is 47.1 Å². The molecule has 0 heterocycles. The van der Waals surface area contributed by atoms with Crippen LogP contribution in [0, 0.1) is 5.92 Å². The Balaban J connectivity index is 2.99. The molecule has 0 aliphatic rings. The van der Waals surface area contributed by atoms with Crippen LogP contribution in [0.15, 0.2) is 18.2 Å². The maximum atomic E-state index is 12.9. The molecule has 0 saturated heterocycles. The molecule has 0 saturated carbocycles. The van der Waals surface area contributed by atoms with E-state index in [0.29, 0.717) is 17.1 Å². The van der Waals surface area contributed by atoms with Crippen molar-refractivity contribution in [3.63, 3.8) is 0 Å². The highest BCUT2D eigenvalue weighted by Crippen LogP contribution is 2.23. The molecule has 0 spiro atoms. The van der Waals surface area contributed by atoms with Gasteiger partial charge < -0.3 is 29.0 Å². The van der Waals surface area contributed by atoms with Crippen molar-refractivity contribution >= 4 is 11.9 Å². The average Bonchev–Trinajstić information content (AvgIpc) is 2.68. The van der Waals surface area contributed by atoms with Gasteiger partial charge in [-0.05, 0) is 12.1 Å². The van der Waals surface area contributed by atoms with Gasteiger partial charge in [-0.3, -0.25) is 9.59 Å². The van der Waals surface area contributed by atoms with E-state index < -0.39 is 11.9 Å². The van der Waals surface area contributed by atoms with E-state index in [0.717, 1.165) is 0 Å². The second-order valence-corrected chi connectivity index (χ2v) is 5.61. The molecule has 1 atom stereocenters. The number of ether oxygens (including phenoxy) is 4. The molecule has 0 radical (unpaired) electrons. The molecule has 0 aromatic heterocycles.